The lowest BCUT2D eigenvalue weighted by Crippen LogP contribution is -2.35. The minimum absolute atomic E-state index is 0.257. The van der Waals surface area contributed by atoms with Crippen molar-refractivity contribution in [3.63, 3.8) is 0 Å². The topological polar surface area (TPSA) is 58.4 Å². The Morgan fingerprint density at radius 2 is 1.69 bits per heavy atom. The van der Waals surface area contributed by atoms with Gasteiger partial charge in [0.2, 0.25) is 0 Å². The summed E-state index contributed by atoms with van der Waals surface area (Å²) < 4.78 is 1.93. The van der Waals surface area contributed by atoms with Crippen molar-refractivity contribution in [2.24, 2.45) is 0 Å². The molecule has 0 spiro atoms. The summed E-state index contributed by atoms with van der Waals surface area (Å²) in [5.41, 5.74) is 5.38. The molecule has 1 aliphatic heterocycles. The second-order valence-corrected chi connectivity index (χ2v) is 9.52. The molecule has 178 valence electrons. The van der Waals surface area contributed by atoms with Gasteiger partial charge in [-0.15, -0.1) is 0 Å². The Hall–Kier alpha value is -3.41. The van der Waals surface area contributed by atoms with Gasteiger partial charge in [0.25, 0.3) is 0 Å². The van der Waals surface area contributed by atoms with Crippen LogP contribution in [-0.4, -0.2) is 45.4 Å². The van der Waals surface area contributed by atoms with Crippen LogP contribution in [-0.2, 0) is 6.42 Å². The van der Waals surface area contributed by atoms with Crippen molar-refractivity contribution in [3.05, 3.63) is 107 Å². The summed E-state index contributed by atoms with van der Waals surface area (Å²) in [4.78, 5) is 14.1. The van der Waals surface area contributed by atoms with Crippen molar-refractivity contribution in [3.8, 4) is 16.9 Å². The van der Waals surface area contributed by atoms with E-state index in [0.717, 1.165) is 61.5 Å². The monoisotopic (exact) mass is 485 g/mol. The molecule has 0 aliphatic carbocycles. The third-order valence-electron chi connectivity index (χ3n) is 6.78. The minimum atomic E-state index is -0.940. The molecule has 3 aromatic carbocycles. The molecule has 1 saturated heterocycles. The van der Waals surface area contributed by atoms with Crippen molar-refractivity contribution < 1.29 is 9.90 Å². The summed E-state index contributed by atoms with van der Waals surface area (Å²) in [6.07, 6.45) is 3.14. The van der Waals surface area contributed by atoms with Gasteiger partial charge >= 0.3 is 5.97 Å². The van der Waals surface area contributed by atoms with Crippen LogP contribution in [0, 0.1) is 0 Å². The molecular weight excluding hydrogens is 458 g/mol. The van der Waals surface area contributed by atoms with Gasteiger partial charge in [0.05, 0.1) is 16.9 Å². The van der Waals surface area contributed by atoms with E-state index in [1.54, 1.807) is 18.2 Å². The predicted octanol–water partition coefficient (Wildman–Crippen LogP) is 6.31. The van der Waals surface area contributed by atoms with Gasteiger partial charge in [0, 0.05) is 28.7 Å². The number of carboxylic acids is 1. The summed E-state index contributed by atoms with van der Waals surface area (Å²) in [6, 6.07) is 27.5. The summed E-state index contributed by atoms with van der Waals surface area (Å²) in [6.45, 7) is 3.13. The van der Waals surface area contributed by atoms with Gasteiger partial charge in [0.15, 0.2) is 0 Å². The number of carboxylic acid groups (broad SMARTS) is 1. The quantitative estimate of drug-likeness (QED) is 0.333. The molecule has 1 aliphatic rings. The second-order valence-electron chi connectivity index (χ2n) is 9.08. The van der Waals surface area contributed by atoms with Crippen LogP contribution in [0.15, 0.2) is 84.9 Å². The standard InChI is InChI=1S/C29H28ClN3O2/c30-25-11-9-22(10-12-25)27-20-28(33(31-27)26-8-4-7-24(19-26)29(34)35)23-14-17-32(18-15-23)16-13-21-5-2-1-3-6-21/h1-12,19-20,23H,13-18H2,(H,34,35). The molecule has 0 saturated carbocycles. The molecule has 4 aromatic rings. The molecule has 0 atom stereocenters. The molecule has 0 unspecified atom stereocenters. The van der Waals surface area contributed by atoms with E-state index >= 15 is 0 Å². The van der Waals surface area contributed by atoms with Crippen LogP contribution in [0.1, 0.15) is 40.4 Å². The van der Waals surface area contributed by atoms with Crippen molar-refractivity contribution in [2.75, 3.05) is 19.6 Å². The first-order valence-corrected chi connectivity index (χ1v) is 12.4. The molecule has 0 radical (unpaired) electrons. The Balaban J connectivity index is 1.39. The number of nitrogens with zero attached hydrogens (tertiary/aromatic N) is 3. The number of hydrogen-bond donors (Lipinski definition) is 1. The van der Waals surface area contributed by atoms with Crippen LogP contribution >= 0.6 is 11.6 Å². The van der Waals surface area contributed by atoms with E-state index in [2.05, 4.69) is 41.3 Å². The molecule has 1 N–H and O–H groups in total. The number of piperidine rings is 1. The van der Waals surface area contributed by atoms with Crippen LogP contribution in [0.3, 0.4) is 0 Å². The molecule has 1 aromatic heterocycles. The number of halogens is 1. The van der Waals surface area contributed by atoms with Crippen molar-refractivity contribution in [1.29, 1.82) is 0 Å². The highest BCUT2D eigenvalue weighted by molar-refractivity contribution is 6.30. The van der Waals surface area contributed by atoms with Crippen LogP contribution in [0.2, 0.25) is 5.02 Å². The first-order valence-electron chi connectivity index (χ1n) is 12.0. The fraction of sp³-hybridized carbons (Fsp3) is 0.241. The van der Waals surface area contributed by atoms with Gasteiger partial charge in [-0.05, 0) is 74.3 Å². The van der Waals surface area contributed by atoms with Crippen LogP contribution < -0.4 is 0 Å². The first kappa shape index (κ1) is 23.3. The Morgan fingerprint density at radius 3 is 2.40 bits per heavy atom. The number of aromatic nitrogens is 2. The Kier molecular flexibility index (Phi) is 6.98. The van der Waals surface area contributed by atoms with Crippen LogP contribution in [0.5, 0.6) is 0 Å². The number of carbonyl (C=O) groups is 1. The van der Waals surface area contributed by atoms with E-state index in [0.29, 0.717) is 10.9 Å². The van der Waals surface area contributed by atoms with Crippen LogP contribution in [0.4, 0.5) is 0 Å². The lowest BCUT2D eigenvalue weighted by atomic mass is 9.92. The summed E-state index contributed by atoms with van der Waals surface area (Å²) in [5, 5.41) is 15.1. The second kappa shape index (κ2) is 10.5. The molecule has 5 rings (SSSR count). The maximum absolute atomic E-state index is 11.6. The lowest BCUT2D eigenvalue weighted by molar-refractivity contribution is 0.0697. The third kappa shape index (κ3) is 5.47. The number of aromatic carboxylic acids is 1. The predicted molar refractivity (Wildman–Crippen MR) is 140 cm³/mol. The zero-order valence-electron chi connectivity index (χ0n) is 19.5. The fourth-order valence-corrected chi connectivity index (χ4v) is 4.94. The average Bonchev–Trinajstić information content (AvgIpc) is 3.34. The smallest absolute Gasteiger partial charge is 0.335 e. The molecular formula is C29H28ClN3O2. The highest BCUT2D eigenvalue weighted by Gasteiger charge is 2.25. The number of likely N-dealkylation sites (tertiary alicyclic amines) is 1. The fourth-order valence-electron chi connectivity index (χ4n) is 4.81. The number of rotatable bonds is 7. The summed E-state index contributed by atoms with van der Waals surface area (Å²) >= 11 is 6.09. The number of hydrogen-bond acceptors (Lipinski definition) is 3. The molecule has 0 bridgehead atoms. The van der Waals surface area contributed by atoms with Gasteiger partial charge < -0.3 is 10.0 Å². The molecule has 6 heteroatoms. The van der Waals surface area contributed by atoms with Crippen LogP contribution in [0.25, 0.3) is 16.9 Å². The average molecular weight is 486 g/mol. The van der Waals surface area contributed by atoms with Gasteiger partial charge in [-0.1, -0.05) is 60.1 Å². The molecule has 5 nitrogen and oxygen atoms in total. The highest BCUT2D eigenvalue weighted by atomic mass is 35.5. The van der Waals surface area contributed by atoms with Gasteiger partial charge in [-0.3, -0.25) is 0 Å². The van der Waals surface area contributed by atoms with E-state index in [4.69, 9.17) is 16.7 Å². The van der Waals surface area contributed by atoms with Gasteiger partial charge in [0.1, 0.15) is 0 Å². The van der Waals surface area contributed by atoms with E-state index in [9.17, 15) is 9.90 Å². The maximum atomic E-state index is 11.6. The molecule has 2 heterocycles. The normalized spacial score (nSPS) is 14.8. The highest BCUT2D eigenvalue weighted by Crippen LogP contribution is 2.33. The van der Waals surface area contributed by atoms with Crippen molar-refractivity contribution in [2.45, 2.75) is 25.2 Å². The Bertz CT molecular complexity index is 1290. The molecule has 35 heavy (non-hydrogen) atoms. The lowest BCUT2D eigenvalue weighted by Gasteiger charge is -2.32. The Labute approximate surface area is 210 Å². The van der Waals surface area contributed by atoms with E-state index in [-0.39, 0.29) is 5.56 Å². The summed E-state index contributed by atoms with van der Waals surface area (Å²) in [7, 11) is 0. The van der Waals surface area contributed by atoms with Crippen molar-refractivity contribution in [1.82, 2.24) is 14.7 Å². The van der Waals surface area contributed by atoms with E-state index < -0.39 is 5.97 Å². The van der Waals surface area contributed by atoms with E-state index in [1.165, 1.54) is 5.56 Å². The largest absolute Gasteiger partial charge is 0.478 e. The molecule has 1 fully saturated rings. The zero-order chi connectivity index (χ0) is 24.2. The summed E-state index contributed by atoms with van der Waals surface area (Å²) in [5.74, 6) is -0.588. The van der Waals surface area contributed by atoms with E-state index in [1.807, 2.05) is 35.0 Å². The van der Waals surface area contributed by atoms with Gasteiger partial charge in [-0.25, -0.2) is 9.48 Å². The Morgan fingerprint density at radius 1 is 0.943 bits per heavy atom. The SMILES string of the molecule is O=C(O)c1cccc(-n2nc(-c3ccc(Cl)cc3)cc2C2CCN(CCc3ccccc3)CC2)c1. The first-order chi connectivity index (χ1) is 17.1. The third-order valence-corrected chi connectivity index (χ3v) is 7.03. The zero-order valence-corrected chi connectivity index (χ0v) is 20.2. The maximum Gasteiger partial charge on any atom is 0.335 e. The molecule has 0 amide bonds. The minimum Gasteiger partial charge on any atom is -0.478 e. The van der Waals surface area contributed by atoms with Crippen molar-refractivity contribution >= 4 is 17.6 Å². The number of benzene rings is 3. The van der Waals surface area contributed by atoms with Gasteiger partial charge in [-0.2, -0.15) is 5.10 Å².